The number of nitrogens with zero attached hydrogens (tertiary/aromatic N) is 2. The van der Waals surface area contributed by atoms with Gasteiger partial charge in [-0.3, -0.25) is 9.69 Å². The second-order valence-corrected chi connectivity index (χ2v) is 6.59. The van der Waals surface area contributed by atoms with Crippen LogP contribution in [0.2, 0.25) is 0 Å². The predicted molar refractivity (Wildman–Crippen MR) is 90.0 cm³/mol. The summed E-state index contributed by atoms with van der Waals surface area (Å²) in [4.78, 5) is 17.3. The maximum absolute atomic E-state index is 12.8. The summed E-state index contributed by atoms with van der Waals surface area (Å²) in [6.45, 7) is 5.90. The molecule has 1 aromatic rings. The third kappa shape index (κ3) is 4.37. The van der Waals surface area contributed by atoms with Crippen molar-refractivity contribution >= 4 is 5.91 Å². The fourth-order valence-electron chi connectivity index (χ4n) is 3.58. The SMILES string of the molecule is COCc1ccc(C(=O)N2CCCC[C@H]2CCN2CCOCC2)o1. The Bertz CT molecular complexity index is 525. The highest BCUT2D eigenvalue weighted by Crippen LogP contribution is 2.23. The molecule has 1 amide bonds. The minimum Gasteiger partial charge on any atom is -0.453 e. The van der Waals surface area contributed by atoms with Crippen LogP contribution in [0, 0.1) is 0 Å². The molecule has 0 bridgehead atoms. The van der Waals surface area contributed by atoms with Gasteiger partial charge in [0.05, 0.1) is 13.2 Å². The molecule has 3 heterocycles. The van der Waals surface area contributed by atoms with E-state index < -0.39 is 0 Å². The number of piperidine rings is 1. The Hall–Kier alpha value is -1.37. The summed E-state index contributed by atoms with van der Waals surface area (Å²) in [5, 5.41) is 0. The van der Waals surface area contributed by atoms with E-state index in [1.165, 1.54) is 6.42 Å². The Balaban J connectivity index is 1.59. The van der Waals surface area contributed by atoms with E-state index in [1.54, 1.807) is 13.2 Å². The zero-order valence-corrected chi connectivity index (χ0v) is 14.5. The van der Waals surface area contributed by atoms with Gasteiger partial charge in [0.15, 0.2) is 5.76 Å². The van der Waals surface area contributed by atoms with Crippen LogP contribution in [0.4, 0.5) is 0 Å². The number of hydrogen-bond acceptors (Lipinski definition) is 5. The first kappa shape index (κ1) is 17.5. The predicted octanol–water partition coefficient (Wildman–Crippen LogP) is 2.14. The largest absolute Gasteiger partial charge is 0.453 e. The van der Waals surface area contributed by atoms with Crippen molar-refractivity contribution in [2.75, 3.05) is 46.5 Å². The fourth-order valence-corrected chi connectivity index (χ4v) is 3.58. The number of furan rings is 1. The number of methoxy groups -OCH3 is 1. The van der Waals surface area contributed by atoms with Crippen LogP contribution in [0.3, 0.4) is 0 Å². The lowest BCUT2D eigenvalue weighted by molar-refractivity contribution is 0.0289. The van der Waals surface area contributed by atoms with Crippen molar-refractivity contribution in [2.24, 2.45) is 0 Å². The zero-order chi connectivity index (χ0) is 16.8. The molecule has 6 heteroatoms. The molecular weight excluding hydrogens is 308 g/mol. The minimum atomic E-state index is 0.0176. The topological polar surface area (TPSA) is 55.2 Å². The number of carbonyl (C=O) groups is 1. The molecule has 1 aromatic heterocycles. The summed E-state index contributed by atoms with van der Waals surface area (Å²) in [7, 11) is 1.62. The van der Waals surface area contributed by atoms with Gasteiger partial charge in [-0.1, -0.05) is 0 Å². The van der Waals surface area contributed by atoms with Crippen molar-refractivity contribution in [3.63, 3.8) is 0 Å². The molecule has 2 saturated heterocycles. The van der Waals surface area contributed by atoms with Crippen LogP contribution in [0.15, 0.2) is 16.5 Å². The second kappa shape index (κ2) is 8.65. The smallest absolute Gasteiger partial charge is 0.289 e. The van der Waals surface area contributed by atoms with Gasteiger partial charge >= 0.3 is 0 Å². The van der Waals surface area contributed by atoms with Crippen molar-refractivity contribution in [3.05, 3.63) is 23.7 Å². The van der Waals surface area contributed by atoms with E-state index in [9.17, 15) is 4.79 Å². The molecule has 134 valence electrons. The Morgan fingerprint density at radius 1 is 1.25 bits per heavy atom. The Labute approximate surface area is 143 Å². The first-order valence-corrected chi connectivity index (χ1v) is 8.96. The van der Waals surface area contributed by atoms with Crippen LogP contribution >= 0.6 is 0 Å². The highest BCUT2D eigenvalue weighted by atomic mass is 16.5. The minimum absolute atomic E-state index is 0.0176. The van der Waals surface area contributed by atoms with Crippen LogP contribution < -0.4 is 0 Å². The molecule has 1 atom stereocenters. The fraction of sp³-hybridized carbons (Fsp3) is 0.722. The van der Waals surface area contributed by atoms with E-state index in [2.05, 4.69) is 4.90 Å². The maximum atomic E-state index is 12.8. The van der Waals surface area contributed by atoms with Gasteiger partial charge < -0.3 is 18.8 Å². The number of amides is 1. The normalized spacial score (nSPS) is 22.7. The number of hydrogen-bond donors (Lipinski definition) is 0. The molecule has 3 rings (SSSR count). The Kier molecular flexibility index (Phi) is 6.29. The lowest BCUT2D eigenvalue weighted by atomic mass is 9.98. The van der Waals surface area contributed by atoms with E-state index in [-0.39, 0.29) is 5.91 Å². The Morgan fingerprint density at radius 3 is 2.88 bits per heavy atom. The quantitative estimate of drug-likeness (QED) is 0.797. The number of morpholine rings is 1. The number of ether oxygens (including phenoxy) is 2. The van der Waals surface area contributed by atoms with Crippen LogP contribution in [0.1, 0.15) is 42.0 Å². The van der Waals surface area contributed by atoms with E-state index >= 15 is 0 Å². The molecule has 0 unspecified atom stereocenters. The summed E-state index contributed by atoms with van der Waals surface area (Å²) in [6, 6.07) is 3.90. The third-order valence-electron chi connectivity index (χ3n) is 4.93. The number of carbonyl (C=O) groups excluding carboxylic acids is 1. The lowest BCUT2D eigenvalue weighted by Crippen LogP contribution is -2.46. The van der Waals surface area contributed by atoms with E-state index in [0.29, 0.717) is 24.2 Å². The first-order valence-electron chi connectivity index (χ1n) is 8.96. The second-order valence-electron chi connectivity index (χ2n) is 6.59. The summed E-state index contributed by atoms with van der Waals surface area (Å²) >= 11 is 0. The van der Waals surface area contributed by atoms with Crippen LogP contribution in [0.25, 0.3) is 0 Å². The molecule has 0 radical (unpaired) electrons. The molecule has 2 aliphatic rings. The highest BCUT2D eigenvalue weighted by molar-refractivity contribution is 5.91. The highest BCUT2D eigenvalue weighted by Gasteiger charge is 2.29. The average molecular weight is 336 g/mol. The zero-order valence-electron chi connectivity index (χ0n) is 14.5. The van der Waals surface area contributed by atoms with E-state index in [1.807, 2.05) is 11.0 Å². The number of rotatable bonds is 6. The summed E-state index contributed by atoms with van der Waals surface area (Å²) in [5.74, 6) is 1.15. The van der Waals surface area contributed by atoms with Gasteiger partial charge in [0.25, 0.3) is 5.91 Å². The lowest BCUT2D eigenvalue weighted by Gasteiger charge is -2.37. The van der Waals surface area contributed by atoms with E-state index in [0.717, 1.165) is 58.7 Å². The molecule has 0 N–H and O–H groups in total. The van der Waals surface area contributed by atoms with Crippen LogP contribution in [-0.2, 0) is 16.1 Å². The van der Waals surface area contributed by atoms with Gasteiger partial charge in [-0.25, -0.2) is 0 Å². The van der Waals surface area contributed by atoms with Crippen molar-refractivity contribution in [3.8, 4) is 0 Å². The van der Waals surface area contributed by atoms with Crippen molar-refractivity contribution < 1.29 is 18.7 Å². The summed E-state index contributed by atoms with van der Waals surface area (Å²) in [6.07, 6.45) is 4.38. The molecule has 0 aliphatic carbocycles. The molecule has 0 spiro atoms. The maximum Gasteiger partial charge on any atom is 0.289 e. The molecule has 2 fully saturated rings. The molecular formula is C18H28N2O4. The van der Waals surface area contributed by atoms with Crippen LogP contribution in [0.5, 0.6) is 0 Å². The van der Waals surface area contributed by atoms with Gasteiger partial charge in [0.1, 0.15) is 12.4 Å². The van der Waals surface area contributed by atoms with Gasteiger partial charge in [-0.05, 0) is 37.8 Å². The Morgan fingerprint density at radius 2 is 2.08 bits per heavy atom. The van der Waals surface area contributed by atoms with Gasteiger partial charge in [0.2, 0.25) is 0 Å². The average Bonchev–Trinajstić information content (AvgIpc) is 3.09. The van der Waals surface area contributed by atoms with Crippen molar-refractivity contribution in [1.82, 2.24) is 9.80 Å². The monoisotopic (exact) mass is 336 g/mol. The number of likely N-dealkylation sites (tertiary alicyclic amines) is 1. The molecule has 0 aromatic carbocycles. The van der Waals surface area contributed by atoms with E-state index in [4.69, 9.17) is 13.9 Å². The van der Waals surface area contributed by atoms with Crippen LogP contribution in [-0.4, -0.2) is 68.3 Å². The first-order chi connectivity index (χ1) is 11.8. The van der Waals surface area contributed by atoms with Crippen molar-refractivity contribution in [1.29, 1.82) is 0 Å². The molecule has 6 nitrogen and oxygen atoms in total. The summed E-state index contributed by atoms with van der Waals surface area (Å²) in [5.41, 5.74) is 0. The molecule has 2 aliphatic heterocycles. The molecule has 24 heavy (non-hydrogen) atoms. The molecule has 0 saturated carbocycles. The summed E-state index contributed by atoms with van der Waals surface area (Å²) < 4.78 is 16.1. The standard InChI is InChI=1S/C18H28N2O4/c1-22-14-16-5-6-17(24-16)18(21)20-8-3-2-4-15(20)7-9-19-10-12-23-13-11-19/h5-6,15H,2-4,7-14H2,1H3/t15-/m0/s1. The van der Waals surface area contributed by atoms with Crippen molar-refractivity contribution in [2.45, 2.75) is 38.3 Å². The third-order valence-corrected chi connectivity index (χ3v) is 4.93. The van der Waals surface area contributed by atoms with Gasteiger partial charge in [-0.2, -0.15) is 0 Å². The van der Waals surface area contributed by atoms with Gasteiger partial charge in [0, 0.05) is 39.3 Å². The van der Waals surface area contributed by atoms with Gasteiger partial charge in [-0.15, -0.1) is 0 Å².